The van der Waals surface area contributed by atoms with Gasteiger partial charge in [0.25, 0.3) is 0 Å². The summed E-state index contributed by atoms with van der Waals surface area (Å²) in [4.78, 5) is 4.11. The number of nitrogens with zero attached hydrogens (tertiary/aromatic N) is 1. The lowest BCUT2D eigenvalue weighted by atomic mass is 10.3. The normalized spacial score (nSPS) is 10.4. The molecule has 0 aliphatic carbocycles. The maximum atomic E-state index is 5.42. The molecular formula is C9H12BrNO. The third-order valence-corrected chi connectivity index (χ3v) is 2.21. The molecule has 0 unspecified atom stereocenters. The Labute approximate surface area is 81.1 Å². The molecule has 1 rings (SSSR count). The molecule has 0 atom stereocenters. The predicted molar refractivity (Wildman–Crippen MR) is 52.4 cm³/mol. The summed E-state index contributed by atoms with van der Waals surface area (Å²) in [6, 6.07) is 1.92. The van der Waals surface area contributed by atoms with Crippen molar-refractivity contribution in [3.63, 3.8) is 0 Å². The molecule has 3 heteroatoms. The summed E-state index contributed by atoms with van der Waals surface area (Å²) in [7, 11) is 0. The van der Waals surface area contributed by atoms with Crippen LogP contribution in [0.25, 0.3) is 0 Å². The second-order valence-corrected chi connectivity index (χ2v) is 3.79. The van der Waals surface area contributed by atoms with Crippen LogP contribution in [0.2, 0.25) is 0 Å². The van der Waals surface area contributed by atoms with E-state index in [1.165, 1.54) is 0 Å². The summed E-state index contributed by atoms with van der Waals surface area (Å²) in [5, 5.41) is 0. The van der Waals surface area contributed by atoms with E-state index in [4.69, 9.17) is 4.74 Å². The molecule has 0 saturated heterocycles. The molecule has 1 heterocycles. The van der Waals surface area contributed by atoms with Gasteiger partial charge < -0.3 is 4.74 Å². The number of hydrogen-bond donors (Lipinski definition) is 0. The van der Waals surface area contributed by atoms with E-state index in [0.717, 1.165) is 10.0 Å². The molecule has 2 nitrogen and oxygen atoms in total. The quantitative estimate of drug-likeness (QED) is 0.779. The highest BCUT2D eigenvalue weighted by Crippen LogP contribution is 2.18. The summed E-state index contributed by atoms with van der Waals surface area (Å²) >= 11 is 3.38. The number of aryl methyl sites for hydroxylation is 1. The fourth-order valence-electron chi connectivity index (χ4n) is 0.819. The van der Waals surface area contributed by atoms with E-state index in [-0.39, 0.29) is 6.10 Å². The van der Waals surface area contributed by atoms with E-state index in [0.29, 0.717) is 5.88 Å². The van der Waals surface area contributed by atoms with E-state index in [2.05, 4.69) is 20.9 Å². The van der Waals surface area contributed by atoms with Crippen molar-refractivity contribution in [1.82, 2.24) is 4.98 Å². The van der Waals surface area contributed by atoms with Crippen LogP contribution in [0.3, 0.4) is 0 Å². The number of ether oxygens (including phenoxy) is 1. The first-order valence-electron chi connectivity index (χ1n) is 3.88. The van der Waals surface area contributed by atoms with E-state index < -0.39 is 0 Å². The average molecular weight is 230 g/mol. The summed E-state index contributed by atoms with van der Waals surface area (Å²) in [6.07, 6.45) is 1.94. The Balaban J connectivity index is 2.82. The fourth-order valence-corrected chi connectivity index (χ4v) is 1.04. The first-order chi connectivity index (χ1) is 5.59. The van der Waals surface area contributed by atoms with Crippen LogP contribution >= 0.6 is 15.9 Å². The Bertz CT molecular complexity index is 273. The standard InChI is InChI=1S/C9H12BrNO/c1-6(2)12-9-4-7(3)8(10)5-11-9/h4-6H,1-3H3. The van der Waals surface area contributed by atoms with Crippen LogP contribution in [0.15, 0.2) is 16.7 Å². The number of aromatic nitrogens is 1. The Morgan fingerprint density at radius 2 is 2.17 bits per heavy atom. The molecule has 0 N–H and O–H groups in total. The third kappa shape index (κ3) is 2.48. The molecule has 0 amide bonds. The van der Waals surface area contributed by atoms with Gasteiger partial charge in [-0.05, 0) is 42.3 Å². The van der Waals surface area contributed by atoms with Crippen LogP contribution < -0.4 is 4.74 Å². The van der Waals surface area contributed by atoms with Crippen molar-refractivity contribution in [3.8, 4) is 5.88 Å². The molecule has 0 aliphatic rings. The van der Waals surface area contributed by atoms with Crippen molar-refractivity contribution in [2.75, 3.05) is 0 Å². The van der Waals surface area contributed by atoms with Gasteiger partial charge in [-0.25, -0.2) is 4.98 Å². The minimum Gasteiger partial charge on any atom is -0.475 e. The van der Waals surface area contributed by atoms with Gasteiger partial charge >= 0.3 is 0 Å². The Kier molecular flexibility index (Phi) is 3.09. The van der Waals surface area contributed by atoms with Crippen LogP contribution in [-0.4, -0.2) is 11.1 Å². The molecule has 0 radical (unpaired) electrons. The van der Waals surface area contributed by atoms with Gasteiger partial charge in [-0.15, -0.1) is 0 Å². The van der Waals surface area contributed by atoms with Crippen LogP contribution in [-0.2, 0) is 0 Å². The first kappa shape index (κ1) is 9.52. The lowest BCUT2D eigenvalue weighted by Gasteiger charge is -2.08. The molecule has 66 valence electrons. The van der Waals surface area contributed by atoms with Gasteiger partial charge in [-0.1, -0.05) is 0 Å². The summed E-state index contributed by atoms with van der Waals surface area (Å²) in [5.41, 5.74) is 1.14. The van der Waals surface area contributed by atoms with E-state index in [9.17, 15) is 0 Å². The highest BCUT2D eigenvalue weighted by atomic mass is 79.9. The fraction of sp³-hybridized carbons (Fsp3) is 0.444. The van der Waals surface area contributed by atoms with Gasteiger partial charge in [0.05, 0.1) is 6.10 Å². The predicted octanol–water partition coefficient (Wildman–Crippen LogP) is 2.94. The molecular weight excluding hydrogens is 218 g/mol. The molecule has 0 fully saturated rings. The zero-order valence-electron chi connectivity index (χ0n) is 7.47. The zero-order chi connectivity index (χ0) is 9.14. The summed E-state index contributed by atoms with van der Waals surface area (Å²) in [6.45, 7) is 5.98. The molecule has 0 spiro atoms. The van der Waals surface area contributed by atoms with E-state index in [1.54, 1.807) is 6.20 Å². The van der Waals surface area contributed by atoms with Crippen molar-refractivity contribution in [2.24, 2.45) is 0 Å². The van der Waals surface area contributed by atoms with Crippen molar-refractivity contribution in [3.05, 3.63) is 22.3 Å². The van der Waals surface area contributed by atoms with Crippen LogP contribution in [0.4, 0.5) is 0 Å². The topological polar surface area (TPSA) is 22.1 Å². The molecule has 0 saturated carbocycles. The highest BCUT2D eigenvalue weighted by molar-refractivity contribution is 9.10. The van der Waals surface area contributed by atoms with Crippen LogP contribution in [0.5, 0.6) is 5.88 Å². The van der Waals surface area contributed by atoms with Crippen molar-refractivity contribution in [2.45, 2.75) is 26.9 Å². The van der Waals surface area contributed by atoms with Crippen LogP contribution in [0, 0.1) is 6.92 Å². The molecule has 0 aliphatic heterocycles. The minimum absolute atomic E-state index is 0.179. The molecule has 12 heavy (non-hydrogen) atoms. The van der Waals surface area contributed by atoms with E-state index >= 15 is 0 Å². The number of pyridine rings is 1. The minimum atomic E-state index is 0.179. The second kappa shape index (κ2) is 3.90. The molecule has 0 bridgehead atoms. The van der Waals surface area contributed by atoms with Gasteiger partial charge in [0.2, 0.25) is 5.88 Å². The Hall–Kier alpha value is -0.570. The van der Waals surface area contributed by atoms with Gasteiger partial charge in [-0.3, -0.25) is 0 Å². The average Bonchev–Trinajstić information content (AvgIpc) is 1.96. The van der Waals surface area contributed by atoms with Gasteiger partial charge in [0.1, 0.15) is 0 Å². The van der Waals surface area contributed by atoms with Gasteiger partial charge in [0, 0.05) is 16.7 Å². The maximum Gasteiger partial charge on any atom is 0.213 e. The second-order valence-electron chi connectivity index (χ2n) is 2.94. The maximum absolute atomic E-state index is 5.42. The van der Waals surface area contributed by atoms with Gasteiger partial charge in [-0.2, -0.15) is 0 Å². The summed E-state index contributed by atoms with van der Waals surface area (Å²) < 4.78 is 6.43. The Morgan fingerprint density at radius 3 is 2.67 bits per heavy atom. The zero-order valence-corrected chi connectivity index (χ0v) is 9.05. The third-order valence-electron chi connectivity index (χ3n) is 1.38. The smallest absolute Gasteiger partial charge is 0.213 e. The Morgan fingerprint density at radius 1 is 1.50 bits per heavy atom. The monoisotopic (exact) mass is 229 g/mol. The number of halogens is 1. The van der Waals surface area contributed by atoms with E-state index in [1.807, 2.05) is 26.8 Å². The number of rotatable bonds is 2. The van der Waals surface area contributed by atoms with Crippen LogP contribution in [0.1, 0.15) is 19.4 Å². The number of hydrogen-bond acceptors (Lipinski definition) is 2. The van der Waals surface area contributed by atoms with Crippen molar-refractivity contribution in [1.29, 1.82) is 0 Å². The lowest BCUT2D eigenvalue weighted by molar-refractivity contribution is 0.232. The molecule has 1 aromatic heterocycles. The molecule has 0 aromatic carbocycles. The van der Waals surface area contributed by atoms with Crippen molar-refractivity contribution < 1.29 is 4.74 Å². The molecule has 1 aromatic rings. The first-order valence-corrected chi connectivity index (χ1v) is 4.67. The van der Waals surface area contributed by atoms with Gasteiger partial charge in [0.15, 0.2) is 0 Å². The summed E-state index contributed by atoms with van der Waals surface area (Å²) in [5.74, 6) is 0.686. The lowest BCUT2D eigenvalue weighted by Crippen LogP contribution is -2.06. The van der Waals surface area contributed by atoms with Crippen molar-refractivity contribution >= 4 is 15.9 Å². The highest BCUT2D eigenvalue weighted by Gasteiger charge is 2.01. The largest absolute Gasteiger partial charge is 0.475 e. The SMILES string of the molecule is Cc1cc(OC(C)C)ncc1Br.